The Bertz CT molecular complexity index is 408. The molecule has 62 valence electrons. The van der Waals surface area contributed by atoms with Crippen molar-refractivity contribution in [3.05, 3.63) is 33.1 Å². The van der Waals surface area contributed by atoms with Gasteiger partial charge in [0.15, 0.2) is 0 Å². The maximum atomic E-state index is 11.0. The number of aromatic amines is 1. The lowest BCUT2D eigenvalue weighted by Crippen LogP contribution is -2.28. The first-order valence-electron chi connectivity index (χ1n) is 3.47. The molecule has 0 aliphatic carbocycles. The molecule has 0 amide bonds. The second kappa shape index (κ2) is 3.58. The van der Waals surface area contributed by atoms with Gasteiger partial charge in [-0.15, -0.1) is 12.3 Å². The molecule has 1 N–H and O–H groups in total. The lowest BCUT2D eigenvalue weighted by molar-refractivity contribution is 0.662. The van der Waals surface area contributed by atoms with E-state index in [9.17, 15) is 9.59 Å². The van der Waals surface area contributed by atoms with Crippen molar-refractivity contribution in [1.29, 1.82) is 0 Å². The molecule has 4 nitrogen and oxygen atoms in total. The van der Waals surface area contributed by atoms with Crippen LogP contribution in [0.4, 0.5) is 0 Å². The van der Waals surface area contributed by atoms with Crippen LogP contribution in [0.3, 0.4) is 0 Å². The van der Waals surface area contributed by atoms with Gasteiger partial charge in [-0.2, -0.15) is 0 Å². The van der Waals surface area contributed by atoms with Crippen LogP contribution in [0.1, 0.15) is 6.42 Å². The maximum Gasteiger partial charge on any atom is 0.328 e. The number of aromatic nitrogens is 2. The summed E-state index contributed by atoms with van der Waals surface area (Å²) in [5.41, 5.74) is -0.810. The van der Waals surface area contributed by atoms with Gasteiger partial charge < -0.3 is 0 Å². The molecule has 1 aromatic heterocycles. The second-order valence-corrected chi connectivity index (χ2v) is 2.26. The van der Waals surface area contributed by atoms with Crippen LogP contribution in [0, 0.1) is 12.3 Å². The molecule has 4 heteroatoms. The van der Waals surface area contributed by atoms with E-state index in [0.29, 0.717) is 13.0 Å². The van der Waals surface area contributed by atoms with Crippen LogP contribution < -0.4 is 11.2 Å². The normalized spacial score (nSPS) is 9.25. The second-order valence-electron chi connectivity index (χ2n) is 2.26. The fourth-order valence-corrected chi connectivity index (χ4v) is 0.805. The first-order valence-corrected chi connectivity index (χ1v) is 3.47. The Hall–Kier alpha value is -1.76. The first kappa shape index (κ1) is 8.34. The highest BCUT2D eigenvalue weighted by molar-refractivity contribution is 4.87. The van der Waals surface area contributed by atoms with Crippen molar-refractivity contribution in [3.63, 3.8) is 0 Å². The highest BCUT2D eigenvalue weighted by Gasteiger charge is 1.93. The van der Waals surface area contributed by atoms with Crippen molar-refractivity contribution in [1.82, 2.24) is 9.55 Å². The van der Waals surface area contributed by atoms with Crippen LogP contribution >= 0.6 is 0 Å². The van der Waals surface area contributed by atoms with Crippen molar-refractivity contribution in [2.75, 3.05) is 0 Å². The number of nitrogens with one attached hydrogen (secondary N) is 1. The van der Waals surface area contributed by atoms with Crippen LogP contribution in [-0.2, 0) is 6.54 Å². The lowest BCUT2D eigenvalue weighted by Gasteiger charge is -1.98. The van der Waals surface area contributed by atoms with Crippen LogP contribution in [0.2, 0.25) is 0 Å². The molecular formula is C8H8N2O2. The van der Waals surface area contributed by atoms with Crippen LogP contribution in [0.15, 0.2) is 21.9 Å². The van der Waals surface area contributed by atoms with Crippen molar-refractivity contribution < 1.29 is 0 Å². The Morgan fingerprint density at radius 3 is 2.92 bits per heavy atom. The van der Waals surface area contributed by atoms with Gasteiger partial charge in [0.2, 0.25) is 0 Å². The number of H-pyrrole nitrogens is 1. The fraction of sp³-hybridized carbons (Fsp3) is 0.250. The molecule has 1 heterocycles. The van der Waals surface area contributed by atoms with Gasteiger partial charge in [-0.1, -0.05) is 0 Å². The Morgan fingerprint density at radius 1 is 1.58 bits per heavy atom. The van der Waals surface area contributed by atoms with Crippen molar-refractivity contribution in [3.8, 4) is 12.3 Å². The van der Waals surface area contributed by atoms with E-state index < -0.39 is 11.2 Å². The minimum Gasteiger partial charge on any atom is -0.300 e. The molecule has 12 heavy (non-hydrogen) atoms. The maximum absolute atomic E-state index is 11.0. The molecule has 0 spiro atoms. The lowest BCUT2D eigenvalue weighted by atomic mass is 10.4. The van der Waals surface area contributed by atoms with E-state index in [4.69, 9.17) is 6.42 Å². The quantitative estimate of drug-likeness (QED) is 0.602. The van der Waals surface area contributed by atoms with Crippen molar-refractivity contribution in [2.24, 2.45) is 0 Å². The highest BCUT2D eigenvalue weighted by atomic mass is 16.2. The fourth-order valence-electron chi connectivity index (χ4n) is 0.805. The number of terminal acetylenes is 1. The summed E-state index contributed by atoms with van der Waals surface area (Å²) in [5, 5.41) is 0. The third kappa shape index (κ3) is 1.86. The SMILES string of the molecule is C#CCCn1ccc(=O)[nH]c1=O. The molecule has 0 unspecified atom stereocenters. The minimum absolute atomic E-state index is 0.392. The van der Waals surface area contributed by atoms with Gasteiger partial charge in [0, 0.05) is 25.2 Å². The van der Waals surface area contributed by atoms with Gasteiger partial charge in [-0.05, 0) is 0 Å². The van der Waals surface area contributed by atoms with E-state index in [1.54, 1.807) is 0 Å². The molecule has 0 atom stereocenters. The highest BCUT2D eigenvalue weighted by Crippen LogP contribution is 1.80. The molecule has 1 aromatic rings. The molecule has 0 bridgehead atoms. The number of hydrogen-bond donors (Lipinski definition) is 1. The summed E-state index contributed by atoms with van der Waals surface area (Å²) in [6.45, 7) is 0.437. The van der Waals surface area contributed by atoms with E-state index in [2.05, 4.69) is 10.9 Å². The third-order valence-electron chi connectivity index (χ3n) is 1.39. The van der Waals surface area contributed by atoms with E-state index >= 15 is 0 Å². The van der Waals surface area contributed by atoms with Gasteiger partial charge in [-0.25, -0.2) is 4.79 Å². The van der Waals surface area contributed by atoms with Gasteiger partial charge in [0.05, 0.1) is 0 Å². The summed E-state index contributed by atoms with van der Waals surface area (Å²) >= 11 is 0. The van der Waals surface area contributed by atoms with Gasteiger partial charge in [-0.3, -0.25) is 14.3 Å². The summed E-state index contributed by atoms with van der Waals surface area (Å²) in [6.07, 6.45) is 6.93. The number of rotatable bonds is 2. The van der Waals surface area contributed by atoms with Gasteiger partial charge in [0.1, 0.15) is 0 Å². The first-order chi connectivity index (χ1) is 5.74. The van der Waals surface area contributed by atoms with E-state index in [0.717, 1.165) is 0 Å². The van der Waals surface area contributed by atoms with E-state index in [-0.39, 0.29) is 0 Å². The average molecular weight is 164 g/mol. The largest absolute Gasteiger partial charge is 0.328 e. The minimum atomic E-state index is -0.419. The Balaban J connectivity index is 2.96. The number of aryl methyl sites for hydroxylation is 1. The average Bonchev–Trinajstić information content (AvgIpc) is 2.03. The number of hydrogen-bond acceptors (Lipinski definition) is 2. The predicted molar refractivity (Wildman–Crippen MR) is 44.8 cm³/mol. The molecular weight excluding hydrogens is 156 g/mol. The standard InChI is InChI=1S/C8H8N2O2/c1-2-3-5-10-6-4-7(11)9-8(10)12/h1,4,6H,3,5H2,(H,9,11,12). The molecule has 1 rings (SSSR count). The topological polar surface area (TPSA) is 54.9 Å². The van der Waals surface area contributed by atoms with Gasteiger partial charge in [0.25, 0.3) is 5.56 Å². The summed E-state index contributed by atoms with van der Waals surface area (Å²) in [5.74, 6) is 2.41. The van der Waals surface area contributed by atoms with Crippen LogP contribution in [0.5, 0.6) is 0 Å². The molecule has 0 saturated heterocycles. The molecule has 0 fully saturated rings. The van der Waals surface area contributed by atoms with E-state index in [1.165, 1.54) is 16.8 Å². The zero-order valence-electron chi connectivity index (χ0n) is 6.41. The van der Waals surface area contributed by atoms with Crippen LogP contribution in [0.25, 0.3) is 0 Å². The molecule has 0 aliphatic heterocycles. The molecule has 0 radical (unpaired) electrons. The monoisotopic (exact) mass is 164 g/mol. The van der Waals surface area contributed by atoms with Gasteiger partial charge >= 0.3 is 5.69 Å². The summed E-state index contributed by atoms with van der Waals surface area (Å²) in [6, 6.07) is 1.29. The zero-order valence-corrected chi connectivity index (χ0v) is 6.41. The smallest absolute Gasteiger partial charge is 0.300 e. The zero-order chi connectivity index (χ0) is 8.97. The summed E-state index contributed by atoms with van der Waals surface area (Å²) < 4.78 is 1.36. The summed E-state index contributed by atoms with van der Waals surface area (Å²) in [7, 11) is 0. The Labute approximate surface area is 68.9 Å². The number of nitrogens with zero attached hydrogens (tertiary/aromatic N) is 1. The molecule has 0 saturated carbocycles. The summed E-state index contributed by atoms with van der Waals surface area (Å²) in [4.78, 5) is 23.7. The Morgan fingerprint density at radius 2 is 2.33 bits per heavy atom. The predicted octanol–water partition coefficient (Wildman–Crippen LogP) is -0.440. The van der Waals surface area contributed by atoms with Crippen molar-refractivity contribution >= 4 is 0 Å². The van der Waals surface area contributed by atoms with Crippen LogP contribution in [-0.4, -0.2) is 9.55 Å². The molecule has 0 aliphatic rings. The Kier molecular flexibility index (Phi) is 2.49. The van der Waals surface area contributed by atoms with Crippen molar-refractivity contribution in [2.45, 2.75) is 13.0 Å². The molecule has 0 aromatic carbocycles. The van der Waals surface area contributed by atoms with E-state index in [1.807, 2.05) is 0 Å². The third-order valence-corrected chi connectivity index (χ3v) is 1.39.